The van der Waals surface area contributed by atoms with Gasteiger partial charge in [0.15, 0.2) is 0 Å². The summed E-state index contributed by atoms with van der Waals surface area (Å²) in [6, 6.07) is 7.70. The SMILES string of the molecule is CCOC(=O)C1=C(COC(=O)/C=C/c2c(C)nn(C)c2Cl)NC(=O)NC1c1ccccc1. The highest BCUT2D eigenvalue weighted by atomic mass is 35.5. The average molecular weight is 459 g/mol. The fourth-order valence-corrected chi connectivity index (χ4v) is 3.49. The van der Waals surface area contributed by atoms with Crippen molar-refractivity contribution >= 4 is 35.6 Å². The van der Waals surface area contributed by atoms with Crippen LogP contribution in [0.5, 0.6) is 0 Å². The molecular weight excluding hydrogens is 436 g/mol. The van der Waals surface area contributed by atoms with Crippen LogP contribution in [0, 0.1) is 6.92 Å². The highest BCUT2D eigenvalue weighted by Gasteiger charge is 2.34. The molecular formula is C22H23ClN4O5. The summed E-state index contributed by atoms with van der Waals surface area (Å²) in [4.78, 5) is 37.2. The number of amides is 2. The van der Waals surface area contributed by atoms with Crippen molar-refractivity contribution in [3.05, 3.63) is 69.7 Å². The van der Waals surface area contributed by atoms with E-state index >= 15 is 0 Å². The molecule has 2 heterocycles. The van der Waals surface area contributed by atoms with Crippen LogP contribution < -0.4 is 10.6 Å². The van der Waals surface area contributed by atoms with Crippen molar-refractivity contribution in [3.63, 3.8) is 0 Å². The summed E-state index contributed by atoms with van der Waals surface area (Å²) in [5.41, 5.74) is 2.26. The number of hydrogen-bond acceptors (Lipinski definition) is 6. The van der Waals surface area contributed by atoms with E-state index in [9.17, 15) is 14.4 Å². The maximum Gasteiger partial charge on any atom is 0.338 e. The molecule has 32 heavy (non-hydrogen) atoms. The van der Waals surface area contributed by atoms with Gasteiger partial charge in [0.05, 0.1) is 29.6 Å². The average Bonchev–Trinajstić information content (AvgIpc) is 3.01. The van der Waals surface area contributed by atoms with Crippen molar-refractivity contribution in [3.8, 4) is 0 Å². The molecule has 0 saturated heterocycles. The number of carbonyl (C=O) groups is 3. The first-order chi connectivity index (χ1) is 15.3. The number of benzene rings is 1. The van der Waals surface area contributed by atoms with Crippen LogP contribution in [-0.4, -0.2) is 41.0 Å². The largest absolute Gasteiger partial charge is 0.463 e. The fraction of sp³-hybridized carbons (Fsp3) is 0.273. The summed E-state index contributed by atoms with van der Waals surface area (Å²) in [7, 11) is 1.69. The van der Waals surface area contributed by atoms with Crippen LogP contribution in [0.2, 0.25) is 5.15 Å². The molecule has 2 N–H and O–H groups in total. The lowest BCUT2D eigenvalue weighted by atomic mass is 9.95. The molecule has 0 spiro atoms. The maximum atomic E-state index is 12.7. The third kappa shape index (κ3) is 5.17. The van der Waals surface area contributed by atoms with Gasteiger partial charge in [-0.15, -0.1) is 0 Å². The van der Waals surface area contributed by atoms with E-state index in [0.29, 0.717) is 22.0 Å². The highest BCUT2D eigenvalue weighted by molar-refractivity contribution is 6.31. The van der Waals surface area contributed by atoms with Gasteiger partial charge in [0.25, 0.3) is 0 Å². The zero-order valence-corrected chi connectivity index (χ0v) is 18.6. The van der Waals surface area contributed by atoms with Crippen LogP contribution in [0.25, 0.3) is 6.08 Å². The Morgan fingerprint density at radius 3 is 2.59 bits per heavy atom. The summed E-state index contributed by atoms with van der Waals surface area (Å²) in [6.45, 7) is 3.27. The number of urea groups is 1. The van der Waals surface area contributed by atoms with Crippen LogP contribution >= 0.6 is 11.6 Å². The van der Waals surface area contributed by atoms with E-state index < -0.39 is 24.0 Å². The van der Waals surface area contributed by atoms with Crippen LogP contribution in [0.15, 0.2) is 47.7 Å². The molecule has 168 valence electrons. The van der Waals surface area contributed by atoms with Crippen LogP contribution in [0.3, 0.4) is 0 Å². The van der Waals surface area contributed by atoms with Crippen molar-refractivity contribution in [1.82, 2.24) is 20.4 Å². The Hall–Kier alpha value is -3.59. The third-order valence-electron chi connectivity index (χ3n) is 4.72. The molecule has 10 heteroatoms. The molecule has 2 aromatic rings. The van der Waals surface area contributed by atoms with Gasteiger partial charge in [-0.3, -0.25) is 4.68 Å². The quantitative estimate of drug-likeness (QED) is 0.487. The lowest BCUT2D eigenvalue weighted by Gasteiger charge is -2.29. The lowest BCUT2D eigenvalue weighted by Crippen LogP contribution is -2.47. The number of halogens is 1. The Bertz CT molecular complexity index is 1090. The number of aromatic nitrogens is 2. The molecule has 1 aliphatic rings. The van der Waals surface area contributed by atoms with E-state index in [2.05, 4.69) is 15.7 Å². The zero-order chi connectivity index (χ0) is 23.3. The monoisotopic (exact) mass is 458 g/mol. The normalized spacial score (nSPS) is 16.0. The highest BCUT2D eigenvalue weighted by Crippen LogP contribution is 2.28. The molecule has 0 bridgehead atoms. The summed E-state index contributed by atoms with van der Waals surface area (Å²) >= 11 is 6.15. The number of carbonyl (C=O) groups excluding carboxylic acids is 3. The van der Waals surface area contributed by atoms with Crippen molar-refractivity contribution in [2.45, 2.75) is 19.9 Å². The second-order valence-electron chi connectivity index (χ2n) is 6.91. The number of esters is 2. The number of ether oxygens (including phenoxy) is 2. The predicted molar refractivity (Wildman–Crippen MR) is 117 cm³/mol. The minimum Gasteiger partial charge on any atom is -0.463 e. The Kier molecular flexibility index (Phi) is 7.32. The molecule has 0 fully saturated rings. The van der Waals surface area contributed by atoms with Crippen molar-refractivity contribution in [1.29, 1.82) is 0 Å². The lowest BCUT2D eigenvalue weighted by molar-refractivity contribution is -0.140. The van der Waals surface area contributed by atoms with Crippen LogP contribution in [0.4, 0.5) is 4.79 Å². The molecule has 9 nitrogen and oxygen atoms in total. The molecule has 1 aromatic carbocycles. The topological polar surface area (TPSA) is 112 Å². The molecule has 1 unspecified atom stereocenters. The van der Waals surface area contributed by atoms with E-state index in [1.807, 2.05) is 6.07 Å². The minimum absolute atomic E-state index is 0.151. The van der Waals surface area contributed by atoms with Gasteiger partial charge in [0.2, 0.25) is 0 Å². The number of nitrogens with one attached hydrogen (secondary N) is 2. The smallest absolute Gasteiger partial charge is 0.338 e. The van der Waals surface area contributed by atoms with E-state index in [-0.39, 0.29) is 24.5 Å². The van der Waals surface area contributed by atoms with Gasteiger partial charge in [-0.25, -0.2) is 14.4 Å². The number of rotatable bonds is 7. The van der Waals surface area contributed by atoms with Gasteiger partial charge < -0.3 is 20.1 Å². The molecule has 0 aliphatic carbocycles. The molecule has 1 aliphatic heterocycles. The third-order valence-corrected chi connectivity index (χ3v) is 5.17. The first-order valence-corrected chi connectivity index (χ1v) is 10.3. The summed E-state index contributed by atoms with van der Waals surface area (Å²) in [6.07, 6.45) is 2.71. The van der Waals surface area contributed by atoms with Gasteiger partial charge in [0.1, 0.15) is 11.8 Å². The number of nitrogens with zero attached hydrogens (tertiary/aromatic N) is 2. The van der Waals surface area contributed by atoms with Crippen LogP contribution in [-0.2, 0) is 26.1 Å². The second kappa shape index (κ2) is 10.1. The molecule has 1 atom stereocenters. The summed E-state index contributed by atoms with van der Waals surface area (Å²) in [5, 5.41) is 9.82. The second-order valence-corrected chi connectivity index (χ2v) is 7.27. The van der Waals surface area contributed by atoms with Gasteiger partial charge in [-0.05, 0) is 25.5 Å². The zero-order valence-electron chi connectivity index (χ0n) is 17.8. The predicted octanol–water partition coefficient (Wildman–Crippen LogP) is 2.81. The van der Waals surface area contributed by atoms with E-state index in [0.717, 1.165) is 0 Å². The number of hydrogen-bond donors (Lipinski definition) is 2. The van der Waals surface area contributed by atoms with E-state index in [1.54, 1.807) is 45.2 Å². The Balaban J connectivity index is 1.83. The Labute approximate surface area is 190 Å². The Morgan fingerprint density at radius 2 is 1.97 bits per heavy atom. The maximum absolute atomic E-state index is 12.7. The fourth-order valence-electron chi connectivity index (χ4n) is 3.26. The molecule has 1 aromatic heterocycles. The summed E-state index contributed by atoms with van der Waals surface area (Å²) in [5.74, 6) is -1.29. The van der Waals surface area contributed by atoms with Crippen molar-refractivity contribution in [2.24, 2.45) is 7.05 Å². The number of aryl methyl sites for hydroxylation is 2. The first kappa shape index (κ1) is 23.1. The molecule has 0 radical (unpaired) electrons. The molecule has 2 amide bonds. The molecule has 0 saturated carbocycles. The van der Waals surface area contributed by atoms with Crippen LogP contribution in [0.1, 0.15) is 29.8 Å². The van der Waals surface area contributed by atoms with E-state index in [4.69, 9.17) is 21.1 Å². The van der Waals surface area contributed by atoms with Crippen molar-refractivity contribution < 1.29 is 23.9 Å². The van der Waals surface area contributed by atoms with E-state index in [1.165, 1.54) is 16.8 Å². The van der Waals surface area contributed by atoms with Gasteiger partial charge in [-0.1, -0.05) is 41.9 Å². The Morgan fingerprint density at radius 1 is 1.25 bits per heavy atom. The van der Waals surface area contributed by atoms with Gasteiger partial charge in [0, 0.05) is 18.7 Å². The van der Waals surface area contributed by atoms with Gasteiger partial charge in [-0.2, -0.15) is 5.10 Å². The first-order valence-electron chi connectivity index (χ1n) is 9.88. The minimum atomic E-state index is -0.745. The van der Waals surface area contributed by atoms with Gasteiger partial charge >= 0.3 is 18.0 Å². The summed E-state index contributed by atoms with van der Waals surface area (Å²) < 4.78 is 11.9. The van der Waals surface area contributed by atoms with Crippen molar-refractivity contribution in [2.75, 3.05) is 13.2 Å². The molecule has 3 rings (SSSR count). The standard InChI is InChI=1S/C22H23ClN4O5/c1-4-31-21(29)18-16(24-22(30)25-19(18)14-8-6-5-7-9-14)12-32-17(28)11-10-15-13(2)26-27(3)20(15)23/h5-11,19H,4,12H2,1-3H3,(H2,24,25,30)/b11-10+.